The second kappa shape index (κ2) is 7.19. The Morgan fingerprint density at radius 3 is 2.92 bits per heavy atom. The lowest BCUT2D eigenvalue weighted by Crippen LogP contribution is -2.40. The zero-order chi connectivity index (χ0) is 18.1. The molecule has 0 bridgehead atoms. The Balaban J connectivity index is 1.54. The van der Waals surface area contributed by atoms with Crippen LogP contribution in [-0.4, -0.2) is 40.3 Å². The van der Waals surface area contributed by atoms with Gasteiger partial charge in [0, 0.05) is 43.3 Å². The molecule has 1 fully saturated rings. The molecule has 138 valence electrons. The van der Waals surface area contributed by atoms with Gasteiger partial charge in [0.15, 0.2) is 0 Å². The van der Waals surface area contributed by atoms with Crippen LogP contribution >= 0.6 is 0 Å². The van der Waals surface area contributed by atoms with Crippen LogP contribution in [0.1, 0.15) is 47.3 Å². The standard InChI is InChI=1S/C20H24FN3O2/c1-2-24-19-16(9-22-24)10-23(11-17(19)13-26-12-14-6-7-14)20(25)15-4-3-5-18(21)8-15/h3-5,8-9,14,17H,2,6-7,10-13H2,1H3. The normalized spacial score (nSPS) is 19.5. The molecule has 1 amide bonds. The molecule has 1 aromatic carbocycles. The molecule has 1 atom stereocenters. The fourth-order valence-corrected chi connectivity index (χ4v) is 3.65. The number of carbonyl (C=O) groups excluding carboxylic acids is 1. The molecule has 1 unspecified atom stereocenters. The maximum absolute atomic E-state index is 13.5. The Bertz CT molecular complexity index is 800. The molecule has 1 aromatic heterocycles. The van der Waals surface area contributed by atoms with Gasteiger partial charge in [-0.2, -0.15) is 5.10 Å². The average molecular weight is 357 g/mol. The summed E-state index contributed by atoms with van der Waals surface area (Å²) in [5, 5.41) is 4.47. The summed E-state index contributed by atoms with van der Waals surface area (Å²) in [6.07, 6.45) is 4.36. The summed E-state index contributed by atoms with van der Waals surface area (Å²) in [7, 11) is 0. The van der Waals surface area contributed by atoms with Gasteiger partial charge in [-0.15, -0.1) is 0 Å². The topological polar surface area (TPSA) is 47.4 Å². The van der Waals surface area contributed by atoms with E-state index in [4.69, 9.17) is 4.74 Å². The van der Waals surface area contributed by atoms with Gasteiger partial charge < -0.3 is 9.64 Å². The zero-order valence-electron chi connectivity index (χ0n) is 15.0. The van der Waals surface area contributed by atoms with Crippen LogP contribution in [0.5, 0.6) is 0 Å². The van der Waals surface area contributed by atoms with Gasteiger partial charge in [0.2, 0.25) is 0 Å². The van der Waals surface area contributed by atoms with E-state index in [1.165, 1.54) is 30.7 Å². The first-order chi connectivity index (χ1) is 12.7. The Labute approximate surface area is 152 Å². The highest BCUT2D eigenvalue weighted by Gasteiger charge is 2.32. The molecule has 0 N–H and O–H groups in total. The molecule has 2 aliphatic rings. The van der Waals surface area contributed by atoms with Crippen LogP contribution in [0.25, 0.3) is 0 Å². The number of rotatable bonds is 6. The summed E-state index contributed by atoms with van der Waals surface area (Å²) in [6, 6.07) is 5.88. The summed E-state index contributed by atoms with van der Waals surface area (Å²) >= 11 is 0. The van der Waals surface area contributed by atoms with Gasteiger partial charge in [0.05, 0.1) is 18.5 Å². The van der Waals surface area contributed by atoms with E-state index >= 15 is 0 Å². The monoisotopic (exact) mass is 357 g/mol. The summed E-state index contributed by atoms with van der Waals surface area (Å²) < 4.78 is 21.4. The maximum Gasteiger partial charge on any atom is 0.254 e. The number of aryl methyl sites for hydroxylation is 1. The van der Waals surface area contributed by atoms with E-state index in [0.717, 1.165) is 18.7 Å². The second-order valence-electron chi connectivity index (χ2n) is 7.24. The van der Waals surface area contributed by atoms with Crippen molar-refractivity contribution in [2.45, 2.75) is 38.8 Å². The van der Waals surface area contributed by atoms with Gasteiger partial charge in [-0.1, -0.05) is 6.07 Å². The Morgan fingerprint density at radius 2 is 2.19 bits per heavy atom. The third kappa shape index (κ3) is 3.51. The first-order valence-corrected chi connectivity index (χ1v) is 9.33. The number of aromatic nitrogens is 2. The number of hydrogen-bond donors (Lipinski definition) is 0. The van der Waals surface area contributed by atoms with Gasteiger partial charge in [-0.3, -0.25) is 9.48 Å². The third-order valence-corrected chi connectivity index (χ3v) is 5.18. The molecule has 5 nitrogen and oxygen atoms in total. The summed E-state index contributed by atoms with van der Waals surface area (Å²) in [6.45, 7) is 5.32. The van der Waals surface area contributed by atoms with Crippen molar-refractivity contribution in [3.05, 3.63) is 53.1 Å². The minimum absolute atomic E-state index is 0.0949. The van der Waals surface area contributed by atoms with Gasteiger partial charge >= 0.3 is 0 Å². The molecule has 1 saturated carbocycles. The molecule has 0 spiro atoms. The van der Waals surface area contributed by atoms with E-state index in [1.807, 2.05) is 10.9 Å². The zero-order valence-corrected chi connectivity index (χ0v) is 15.0. The largest absolute Gasteiger partial charge is 0.380 e. The van der Waals surface area contributed by atoms with Crippen molar-refractivity contribution in [2.75, 3.05) is 19.8 Å². The van der Waals surface area contributed by atoms with Gasteiger partial charge in [-0.25, -0.2) is 4.39 Å². The molecule has 2 heterocycles. The minimum atomic E-state index is -0.392. The Morgan fingerprint density at radius 1 is 1.35 bits per heavy atom. The number of carbonyl (C=O) groups is 1. The molecule has 1 aliphatic carbocycles. The van der Waals surface area contributed by atoms with E-state index in [9.17, 15) is 9.18 Å². The van der Waals surface area contributed by atoms with Crippen LogP contribution in [0.2, 0.25) is 0 Å². The van der Waals surface area contributed by atoms with Crippen molar-refractivity contribution in [1.82, 2.24) is 14.7 Å². The van der Waals surface area contributed by atoms with Crippen LogP contribution in [0.4, 0.5) is 4.39 Å². The van der Waals surface area contributed by atoms with E-state index in [2.05, 4.69) is 12.0 Å². The fraction of sp³-hybridized carbons (Fsp3) is 0.500. The SMILES string of the molecule is CCn1ncc2c1C(COCC1CC1)CN(C(=O)c1cccc(F)c1)C2. The highest BCUT2D eigenvalue weighted by atomic mass is 19.1. The molecule has 0 saturated heterocycles. The summed E-state index contributed by atoms with van der Waals surface area (Å²) in [5.41, 5.74) is 2.61. The van der Waals surface area contributed by atoms with Gasteiger partial charge in [-0.05, 0) is 43.9 Å². The third-order valence-electron chi connectivity index (χ3n) is 5.18. The van der Waals surface area contributed by atoms with E-state index < -0.39 is 5.82 Å². The minimum Gasteiger partial charge on any atom is -0.380 e. The molecule has 4 rings (SSSR count). The molecular formula is C20H24FN3O2. The smallest absolute Gasteiger partial charge is 0.254 e. The number of amides is 1. The molecule has 0 radical (unpaired) electrons. The average Bonchev–Trinajstić information content (AvgIpc) is 3.37. The van der Waals surface area contributed by atoms with E-state index in [0.29, 0.717) is 31.2 Å². The maximum atomic E-state index is 13.5. The summed E-state index contributed by atoms with van der Waals surface area (Å²) in [5.74, 6) is 0.264. The van der Waals surface area contributed by atoms with Crippen molar-refractivity contribution < 1.29 is 13.9 Å². The van der Waals surface area contributed by atoms with Crippen molar-refractivity contribution >= 4 is 5.91 Å². The predicted molar refractivity (Wildman–Crippen MR) is 95.3 cm³/mol. The van der Waals surface area contributed by atoms with Crippen LogP contribution in [-0.2, 0) is 17.8 Å². The van der Waals surface area contributed by atoms with E-state index in [-0.39, 0.29) is 11.8 Å². The Hall–Kier alpha value is -2.21. The molecule has 26 heavy (non-hydrogen) atoms. The fourth-order valence-electron chi connectivity index (χ4n) is 3.65. The molecule has 1 aliphatic heterocycles. The summed E-state index contributed by atoms with van der Waals surface area (Å²) in [4.78, 5) is 14.6. The highest BCUT2D eigenvalue weighted by Crippen LogP contribution is 2.32. The van der Waals surface area contributed by atoms with Crippen LogP contribution in [0.15, 0.2) is 30.5 Å². The van der Waals surface area contributed by atoms with Crippen LogP contribution < -0.4 is 0 Å². The van der Waals surface area contributed by atoms with E-state index in [1.54, 1.807) is 17.0 Å². The lowest BCUT2D eigenvalue weighted by atomic mass is 9.96. The number of halogens is 1. The first kappa shape index (κ1) is 17.2. The first-order valence-electron chi connectivity index (χ1n) is 9.33. The number of ether oxygens (including phenoxy) is 1. The van der Waals surface area contributed by atoms with Crippen molar-refractivity contribution in [2.24, 2.45) is 5.92 Å². The lowest BCUT2D eigenvalue weighted by Gasteiger charge is -2.33. The van der Waals surface area contributed by atoms with Crippen molar-refractivity contribution in [1.29, 1.82) is 0 Å². The highest BCUT2D eigenvalue weighted by molar-refractivity contribution is 5.94. The van der Waals surface area contributed by atoms with Crippen LogP contribution in [0.3, 0.4) is 0 Å². The van der Waals surface area contributed by atoms with Crippen LogP contribution in [0, 0.1) is 11.7 Å². The predicted octanol–water partition coefficient (Wildman–Crippen LogP) is 3.21. The Kier molecular flexibility index (Phi) is 4.76. The van der Waals surface area contributed by atoms with Gasteiger partial charge in [0.1, 0.15) is 5.82 Å². The second-order valence-corrected chi connectivity index (χ2v) is 7.24. The molecular weight excluding hydrogens is 333 g/mol. The number of hydrogen-bond acceptors (Lipinski definition) is 3. The number of benzene rings is 1. The van der Waals surface area contributed by atoms with Gasteiger partial charge in [0.25, 0.3) is 5.91 Å². The molecule has 2 aromatic rings. The molecule has 6 heteroatoms. The van der Waals surface area contributed by atoms with Crippen molar-refractivity contribution in [3.8, 4) is 0 Å². The number of nitrogens with zero attached hydrogens (tertiary/aromatic N) is 3. The quantitative estimate of drug-likeness (QED) is 0.798. The van der Waals surface area contributed by atoms with Crippen molar-refractivity contribution in [3.63, 3.8) is 0 Å². The number of fused-ring (bicyclic) bond motifs is 1. The lowest BCUT2D eigenvalue weighted by molar-refractivity contribution is 0.0619.